The summed E-state index contributed by atoms with van der Waals surface area (Å²) >= 11 is 0. The Labute approximate surface area is 437 Å². The van der Waals surface area contributed by atoms with Crippen molar-refractivity contribution in [3.63, 3.8) is 0 Å². The van der Waals surface area contributed by atoms with E-state index >= 15 is 0 Å². The van der Waals surface area contributed by atoms with E-state index in [2.05, 4.69) is 287 Å². The summed E-state index contributed by atoms with van der Waals surface area (Å²) < 4.78 is 13.9. The van der Waals surface area contributed by atoms with Crippen molar-refractivity contribution in [1.82, 2.24) is 13.7 Å². The third kappa shape index (κ3) is 6.51. The van der Waals surface area contributed by atoms with Gasteiger partial charge in [-0.15, -0.1) is 0 Å². The molecule has 4 aromatic heterocycles. The Kier molecular flexibility index (Phi) is 9.30. The maximum Gasteiger partial charge on any atom is 0.136 e. The van der Waals surface area contributed by atoms with Gasteiger partial charge in [-0.05, 0) is 154 Å². The molecule has 0 amide bonds. The van der Waals surface area contributed by atoms with Crippen molar-refractivity contribution in [2.24, 2.45) is 0 Å². The van der Waals surface area contributed by atoms with Crippen LogP contribution in [0.3, 0.4) is 0 Å². The summed E-state index contributed by atoms with van der Waals surface area (Å²) in [6, 6.07) is 99.4. The highest BCUT2D eigenvalue weighted by Gasteiger charge is 2.20. The molecule has 0 atom stereocenters. The van der Waals surface area contributed by atoms with Gasteiger partial charge in [0.2, 0.25) is 0 Å². The topological polar surface area (TPSA) is 27.9 Å². The van der Waals surface area contributed by atoms with Crippen molar-refractivity contribution in [3.8, 4) is 61.6 Å². The average molecular weight is 968 g/mol. The molecule has 0 aliphatic carbocycles. The molecule has 4 heteroatoms. The molecule has 0 saturated heterocycles. The minimum atomic E-state index is 0.872. The number of para-hydroxylation sites is 4. The maximum absolute atomic E-state index is 6.68. The number of hydrogen-bond donors (Lipinski definition) is 0. The summed E-state index contributed by atoms with van der Waals surface area (Å²) in [6.07, 6.45) is 0. The summed E-state index contributed by atoms with van der Waals surface area (Å²) in [5.74, 6) is 0. The van der Waals surface area contributed by atoms with E-state index in [1.807, 2.05) is 0 Å². The second kappa shape index (κ2) is 16.7. The lowest BCUT2D eigenvalue weighted by Crippen LogP contribution is -1.94. The van der Waals surface area contributed by atoms with Crippen LogP contribution in [0.15, 0.2) is 277 Å². The zero-order valence-electron chi connectivity index (χ0n) is 41.2. The van der Waals surface area contributed by atoms with Crippen molar-refractivity contribution in [3.05, 3.63) is 273 Å². The van der Waals surface area contributed by atoms with E-state index in [-0.39, 0.29) is 0 Å². The first-order valence-electron chi connectivity index (χ1n) is 26.1. The molecule has 0 N–H and O–H groups in total. The van der Waals surface area contributed by atoms with Gasteiger partial charge in [0.15, 0.2) is 0 Å². The van der Waals surface area contributed by atoms with Gasteiger partial charge in [0.1, 0.15) is 11.2 Å². The Balaban J connectivity index is 0.836. The van der Waals surface area contributed by atoms with Crippen LogP contribution < -0.4 is 0 Å². The SMILES string of the molecule is c1ccc(-c2cccc(-n3c4ccccc4c4cc(-c5cccc6oc7ccc(-c8ccc9c(c8)c8cc(-c%10ccc%11c%12ccccc%12n(-c%12ccccc%12)c%11c%10)ccc8n9-c8ccccc8)cc7c56)ccc43)c2)cc1. The van der Waals surface area contributed by atoms with Crippen LogP contribution in [0.5, 0.6) is 0 Å². The van der Waals surface area contributed by atoms with Gasteiger partial charge in [-0.3, -0.25) is 0 Å². The molecular weight excluding hydrogens is 923 g/mol. The summed E-state index contributed by atoms with van der Waals surface area (Å²) in [5.41, 5.74) is 21.6. The van der Waals surface area contributed by atoms with Gasteiger partial charge in [-0.1, -0.05) is 164 Å². The van der Waals surface area contributed by atoms with E-state index in [0.29, 0.717) is 0 Å². The van der Waals surface area contributed by atoms with Gasteiger partial charge in [0.05, 0.1) is 33.1 Å². The second-order valence-corrected chi connectivity index (χ2v) is 20.0. The van der Waals surface area contributed by atoms with Gasteiger partial charge in [0.25, 0.3) is 0 Å². The third-order valence-electron chi connectivity index (χ3n) is 15.8. The molecule has 0 aliphatic rings. The lowest BCUT2D eigenvalue weighted by molar-refractivity contribution is 0.669. The molecule has 16 aromatic rings. The lowest BCUT2D eigenvalue weighted by atomic mass is 9.96. The molecule has 12 aromatic carbocycles. The lowest BCUT2D eigenvalue weighted by Gasteiger charge is -2.11. The zero-order valence-corrected chi connectivity index (χ0v) is 41.2. The highest BCUT2D eigenvalue weighted by atomic mass is 16.3. The molecule has 0 aliphatic heterocycles. The normalized spacial score (nSPS) is 11.9. The van der Waals surface area contributed by atoms with Gasteiger partial charge in [-0.25, -0.2) is 0 Å². The van der Waals surface area contributed by atoms with Crippen LogP contribution in [-0.2, 0) is 0 Å². The predicted octanol–water partition coefficient (Wildman–Crippen LogP) is 19.5. The number of hydrogen-bond acceptors (Lipinski definition) is 1. The molecule has 0 radical (unpaired) electrons. The first kappa shape index (κ1) is 42.4. The van der Waals surface area contributed by atoms with Crippen LogP contribution >= 0.6 is 0 Å². The van der Waals surface area contributed by atoms with Crippen molar-refractivity contribution in [1.29, 1.82) is 0 Å². The molecule has 4 heterocycles. The standard InChI is InChI=1S/C72H45N3O/c1-4-16-46(17-5-1)47-18-14-23-55(40-47)75-65-28-13-11-25-58(65)60-44-52(33-38-66(60)75)56-26-15-29-71-72(56)63-43-50(34-39-70(63)76-71)48-31-36-67-61(41-48)62-42-49(32-37-68(62)73(67)53-19-6-2-7-20-53)51-30-35-59-57-24-10-12-27-64(57)74(69(59)45-51)54-21-8-3-9-22-54/h1-45H. The van der Waals surface area contributed by atoms with E-state index in [9.17, 15) is 0 Å². The molecule has 16 rings (SSSR count). The molecule has 0 saturated carbocycles. The van der Waals surface area contributed by atoms with Crippen LogP contribution in [0.25, 0.3) is 149 Å². The number of furan rings is 1. The molecule has 0 spiro atoms. The van der Waals surface area contributed by atoms with E-state index in [1.165, 1.54) is 87.7 Å². The highest BCUT2D eigenvalue weighted by Crippen LogP contribution is 2.44. The Bertz CT molecular complexity index is 4980. The minimum Gasteiger partial charge on any atom is -0.456 e. The highest BCUT2D eigenvalue weighted by molar-refractivity contribution is 6.17. The average Bonchev–Trinajstić information content (AvgIpc) is 4.24. The Hall–Kier alpha value is -10.2. The fourth-order valence-corrected chi connectivity index (χ4v) is 12.4. The molecule has 4 nitrogen and oxygen atoms in total. The fraction of sp³-hybridized carbons (Fsp3) is 0. The second-order valence-electron chi connectivity index (χ2n) is 20.0. The van der Waals surface area contributed by atoms with Crippen molar-refractivity contribution in [2.45, 2.75) is 0 Å². The molecule has 76 heavy (non-hydrogen) atoms. The summed E-state index contributed by atoms with van der Waals surface area (Å²) in [7, 11) is 0. The van der Waals surface area contributed by atoms with E-state index in [0.717, 1.165) is 61.3 Å². The molecule has 0 unspecified atom stereocenters. The Morgan fingerprint density at radius 2 is 0.632 bits per heavy atom. The number of rotatable bonds is 7. The monoisotopic (exact) mass is 967 g/mol. The van der Waals surface area contributed by atoms with E-state index in [4.69, 9.17) is 4.42 Å². The van der Waals surface area contributed by atoms with Crippen LogP contribution in [0.4, 0.5) is 0 Å². The number of aromatic nitrogens is 3. The van der Waals surface area contributed by atoms with Crippen molar-refractivity contribution >= 4 is 87.4 Å². The summed E-state index contributed by atoms with van der Waals surface area (Å²) in [6.45, 7) is 0. The van der Waals surface area contributed by atoms with Crippen LogP contribution in [0, 0.1) is 0 Å². The van der Waals surface area contributed by atoms with Gasteiger partial charge in [0, 0.05) is 60.2 Å². The summed E-state index contributed by atoms with van der Waals surface area (Å²) in [5, 5.41) is 9.56. The quantitative estimate of drug-likeness (QED) is 0.156. The fourth-order valence-electron chi connectivity index (χ4n) is 12.4. The first-order valence-corrected chi connectivity index (χ1v) is 26.1. The van der Waals surface area contributed by atoms with E-state index in [1.54, 1.807) is 0 Å². The van der Waals surface area contributed by atoms with Crippen molar-refractivity contribution in [2.75, 3.05) is 0 Å². The molecule has 0 bridgehead atoms. The Morgan fingerprint density at radius 3 is 1.30 bits per heavy atom. The number of benzene rings is 12. The largest absolute Gasteiger partial charge is 0.456 e. The van der Waals surface area contributed by atoms with E-state index < -0.39 is 0 Å². The van der Waals surface area contributed by atoms with Gasteiger partial charge in [-0.2, -0.15) is 0 Å². The first-order chi connectivity index (χ1) is 37.7. The van der Waals surface area contributed by atoms with Crippen LogP contribution in [0.1, 0.15) is 0 Å². The molecular formula is C72H45N3O. The molecule has 354 valence electrons. The zero-order chi connectivity index (χ0) is 49.8. The maximum atomic E-state index is 6.68. The smallest absolute Gasteiger partial charge is 0.136 e. The minimum absolute atomic E-state index is 0.872. The molecule has 0 fully saturated rings. The predicted molar refractivity (Wildman–Crippen MR) is 318 cm³/mol. The van der Waals surface area contributed by atoms with Crippen LogP contribution in [0.2, 0.25) is 0 Å². The number of nitrogens with zero attached hydrogens (tertiary/aromatic N) is 3. The third-order valence-corrected chi connectivity index (χ3v) is 15.8. The van der Waals surface area contributed by atoms with Gasteiger partial charge < -0.3 is 18.1 Å². The summed E-state index contributed by atoms with van der Waals surface area (Å²) in [4.78, 5) is 0. The van der Waals surface area contributed by atoms with Gasteiger partial charge >= 0.3 is 0 Å². The van der Waals surface area contributed by atoms with Crippen LogP contribution in [-0.4, -0.2) is 13.7 Å². The number of fused-ring (bicyclic) bond motifs is 12. The Morgan fingerprint density at radius 1 is 0.211 bits per heavy atom. The van der Waals surface area contributed by atoms with Crippen molar-refractivity contribution < 1.29 is 4.42 Å².